The molecule has 2 saturated heterocycles. The van der Waals surface area contributed by atoms with Gasteiger partial charge in [0.2, 0.25) is 0 Å². The highest BCUT2D eigenvalue weighted by molar-refractivity contribution is 4.98. The Morgan fingerprint density at radius 2 is 1.78 bits per heavy atom. The van der Waals surface area contributed by atoms with Gasteiger partial charge in [-0.2, -0.15) is 0 Å². The number of piperidine rings is 1. The molecule has 0 spiro atoms. The van der Waals surface area contributed by atoms with Crippen LogP contribution in [0.3, 0.4) is 0 Å². The molecule has 0 aromatic heterocycles. The Bertz CT molecular complexity index is 264. The van der Waals surface area contributed by atoms with Gasteiger partial charge in [-0.05, 0) is 50.5 Å². The Hall–Kier alpha value is -0.0800. The highest BCUT2D eigenvalue weighted by Gasteiger charge is 2.41. The van der Waals surface area contributed by atoms with Crippen LogP contribution in [-0.2, 0) is 0 Å². The van der Waals surface area contributed by atoms with Crippen LogP contribution in [0, 0.1) is 11.8 Å². The summed E-state index contributed by atoms with van der Waals surface area (Å²) in [6.45, 7) is 7.28. The molecule has 18 heavy (non-hydrogen) atoms. The van der Waals surface area contributed by atoms with Crippen molar-refractivity contribution < 1.29 is 0 Å². The van der Waals surface area contributed by atoms with E-state index in [2.05, 4.69) is 24.1 Å². The first-order valence-corrected chi connectivity index (χ1v) is 8.27. The summed E-state index contributed by atoms with van der Waals surface area (Å²) in [6, 6.07) is 2.62. The van der Waals surface area contributed by atoms with E-state index in [0.29, 0.717) is 0 Å². The fraction of sp³-hybridized carbons (Fsp3) is 1.00. The van der Waals surface area contributed by atoms with Crippen molar-refractivity contribution in [2.75, 3.05) is 13.1 Å². The van der Waals surface area contributed by atoms with Crippen molar-refractivity contribution in [3.63, 3.8) is 0 Å². The molecule has 0 radical (unpaired) electrons. The van der Waals surface area contributed by atoms with Crippen molar-refractivity contribution in [3.05, 3.63) is 0 Å². The molecule has 2 aliphatic heterocycles. The Kier molecular flexibility index (Phi) is 3.95. The van der Waals surface area contributed by atoms with Gasteiger partial charge in [-0.25, -0.2) is 0 Å². The molecular formula is C16H30N2. The van der Waals surface area contributed by atoms with E-state index in [4.69, 9.17) is 0 Å². The van der Waals surface area contributed by atoms with E-state index < -0.39 is 0 Å². The standard InChI is InChI=1S/C16H30N2/c1-3-17-14-9-15-7-8-16(10-14)18(15)11-13-6-4-5-12(13)2/h12-17H,3-11H2,1-2H3. The Balaban J connectivity index is 1.58. The molecule has 0 aromatic carbocycles. The molecule has 3 aliphatic rings. The van der Waals surface area contributed by atoms with Crippen LogP contribution in [0.4, 0.5) is 0 Å². The van der Waals surface area contributed by atoms with Crippen molar-refractivity contribution in [3.8, 4) is 0 Å². The minimum Gasteiger partial charge on any atom is -0.314 e. The zero-order valence-corrected chi connectivity index (χ0v) is 12.2. The van der Waals surface area contributed by atoms with Gasteiger partial charge in [0.1, 0.15) is 0 Å². The predicted octanol–water partition coefficient (Wildman–Crippen LogP) is 3.03. The van der Waals surface area contributed by atoms with Crippen LogP contribution in [-0.4, -0.2) is 36.1 Å². The van der Waals surface area contributed by atoms with Crippen LogP contribution in [0.15, 0.2) is 0 Å². The first-order valence-electron chi connectivity index (χ1n) is 8.27. The molecule has 2 heterocycles. The van der Waals surface area contributed by atoms with Gasteiger partial charge in [0.25, 0.3) is 0 Å². The first-order chi connectivity index (χ1) is 8.78. The number of hydrogen-bond acceptors (Lipinski definition) is 2. The van der Waals surface area contributed by atoms with Crippen LogP contribution in [0.25, 0.3) is 0 Å². The van der Waals surface area contributed by atoms with Gasteiger partial charge in [0.15, 0.2) is 0 Å². The van der Waals surface area contributed by atoms with Crippen molar-refractivity contribution in [1.82, 2.24) is 10.2 Å². The van der Waals surface area contributed by atoms with Gasteiger partial charge < -0.3 is 5.32 Å². The van der Waals surface area contributed by atoms with Gasteiger partial charge >= 0.3 is 0 Å². The van der Waals surface area contributed by atoms with E-state index in [0.717, 1.165) is 36.5 Å². The van der Waals surface area contributed by atoms with E-state index in [-0.39, 0.29) is 0 Å². The van der Waals surface area contributed by atoms with Crippen molar-refractivity contribution >= 4 is 0 Å². The third kappa shape index (κ3) is 2.46. The lowest BCUT2D eigenvalue weighted by atomic mass is 9.92. The molecule has 3 rings (SSSR count). The van der Waals surface area contributed by atoms with Crippen LogP contribution in [0.1, 0.15) is 58.8 Å². The number of fused-ring (bicyclic) bond motifs is 2. The van der Waals surface area contributed by atoms with Crippen LogP contribution in [0.5, 0.6) is 0 Å². The van der Waals surface area contributed by atoms with E-state index >= 15 is 0 Å². The molecule has 0 aromatic rings. The van der Waals surface area contributed by atoms with E-state index in [1.54, 1.807) is 0 Å². The lowest BCUT2D eigenvalue weighted by Gasteiger charge is -2.41. The molecule has 2 nitrogen and oxygen atoms in total. The quantitative estimate of drug-likeness (QED) is 0.825. The van der Waals surface area contributed by atoms with Gasteiger partial charge in [-0.3, -0.25) is 4.90 Å². The summed E-state index contributed by atoms with van der Waals surface area (Å²) in [5.41, 5.74) is 0. The maximum atomic E-state index is 3.68. The molecule has 104 valence electrons. The molecule has 4 atom stereocenters. The minimum atomic E-state index is 0.810. The topological polar surface area (TPSA) is 15.3 Å². The van der Waals surface area contributed by atoms with Gasteiger partial charge in [0.05, 0.1) is 0 Å². The molecule has 2 heteroatoms. The van der Waals surface area contributed by atoms with Gasteiger partial charge in [-0.15, -0.1) is 0 Å². The SMILES string of the molecule is CCNC1CC2CCC(C1)N2CC1CCCC1C. The van der Waals surface area contributed by atoms with Crippen LogP contribution < -0.4 is 5.32 Å². The highest BCUT2D eigenvalue weighted by atomic mass is 15.2. The smallest absolute Gasteiger partial charge is 0.0114 e. The second kappa shape index (κ2) is 5.50. The summed E-state index contributed by atoms with van der Waals surface area (Å²) in [5, 5.41) is 3.68. The first kappa shape index (κ1) is 12.9. The summed E-state index contributed by atoms with van der Waals surface area (Å²) in [4.78, 5) is 2.90. The van der Waals surface area contributed by atoms with Crippen molar-refractivity contribution in [2.45, 2.75) is 76.9 Å². The fourth-order valence-corrected chi connectivity index (χ4v) is 4.79. The summed E-state index contributed by atoms with van der Waals surface area (Å²) < 4.78 is 0. The zero-order valence-electron chi connectivity index (χ0n) is 12.2. The summed E-state index contributed by atoms with van der Waals surface area (Å²) in [6.07, 6.45) is 10.2. The van der Waals surface area contributed by atoms with E-state index in [1.807, 2.05) is 0 Å². The lowest BCUT2D eigenvalue weighted by Crippen LogP contribution is -2.50. The maximum Gasteiger partial charge on any atom is 0.0114 e. The second-order valence-electron chi connectivity index (χ2n) is 6.98. The molecule has 0 amide bonds. The summed E-state index contributed by atoms with van der Waals surface area (Å²) >= 11 is 0. The molecule has 1 aliphatic carbocycles. The Labute approximate surface area is 113 Å². The van der Waals surface area contributed by atoms with Gasteiger partial charge in [-0.1, -0.05) is 26.7 Å². The van der Waals surface area contributed by atoms with Crippen LogP contribution >= 0.6 is 0 Å². The minimum absolute atomic E-state index is 0.810. The summed E-state index contributed by atoms with van der Waals surface area (Å²) in [7, 11) is 0. The molecule has 4 unspecified atom stereocenters. The molecular weight excluding hydrogens is 220 g/mol. The lowest BCUT2D eigenvalue weighted by molar-refractivity contribution is 0.0911. The number of nitrogens with zero attached hydrogens (tertiary/aromatic N) is 1. The maximum absolute atomic E-state index is 3.68. The average molecular weight is 250 g/mol. The van der Waals surface area contributed by atoms with Crippen molar-refractivity contribution in [2.24, 2.45) is 11.8 Å². The molecule has 2 bridgehead atoms. The van der Waals surface area contributed by atoms with Crippen LogP contribution in [0.2, 0.25) is 0 Å². The van der Waals surface area contributed by atoms with E-state index in [1.165, 1.54) is 51.5 Å². The summed E-state index contributed by atoms with van der Waals surface area (Å²) in [5.74, 6) is 1.99. The average Bonchev–Trinajstić information content (AvgIpc) is 2.84. The second-order valence-corrected chi connectivity index (χ2v) is 6.98. The zero-order chi connectivity index (χ0) is 12.5. The third-order valence-electron chi connectivity index (χ3n) is 5.86. The van der Waals surface area contributed by atoms with Gasteiger partial charge in [0, 0.05) is 24.7 Å². The monoisotopic (exact) mass is 250 g/mol. The van der Waals surface area contributed by atoms with Crippen molar-refractivity contribution in [1.29, 1.82) is 0 Å². The molecule has 1 N–H and O–H groups in total. The van der Waals surface area contributed by atoms with E-state index in [9.17, 15) is 0 Å². The molecule has 3 fully saturated rings. The number of rotatable bonds is 4. The highest BCUT2D eigenvalue weighted by Crippen LogP contribution is 2.39. The number of nitrogens with one attached hydrogen (secondary N) is 1. The molecule has 1 saturated carbocycles. The third-order valence-corrected chi connectivity index (χ3v) is 5.86. The fourth-order valence-electron chi connectivity index (χ4n) is 4.79. The Morgan fingerprint density at radius 3 is 2.33 bits per heavy atom. The predicted molar refractivity (Wildman–Crippen MR) is 76.7 cm³/mol. The Morgan fingerprint density at radius 1 is 1.06 bits per heavy atom. The normalized spacial score (nSPS) is 44.7. The largest absolute Gasteiger partial charge is 0.314 e. The number of hydrogen-bond donors (Lipinski definition) is 1.